The van der Waals surface area contributed by atoms with Gasteiger partial charge >= 0.3 is 0 Å². The Kier molecular flexibility index (Phi) is 5.30. The third-order valence-corrected chi connectivity index (χ3v) is 4.93. The van der Waals surface area contributed by atoms with Gasteiger partial charge in [-0.3, -0.25) is 14.2 Å². The molecule has 2 amide bonds. The van der Waals surface area contributed by atoms with Crippen molar-refractivity contribution in [3.63, 3.8) is 0 Å². The molecule has 0 fully saturated rings. The smallest absolute Gasteiger partial charge is 0.255 e. The van der Waals surface area contributed by atoms with E-state index in [4.69, 9.17) is 0 Å². The molecule has 0 unspecified atom stereocenters. The minimum atomic E-state index is -0.186. The molecule has 150 valence electrons. The molecule has 0 radical (unpaired) electrons. The van der Waals surface area contributed by atoms with Crippen LogP contribution in [0.1, 0.15) is 15.9 Å². The predicted molar refractivity (Wildman–Crippen MR) is 118 cm³/mol. The highest BCUT2D eigenvalue weighted by Gasteiger charge is 2.09. The molecule has 6 nitrogen and oxygen atoms in total. The summed E-state index contributed by atoms with van der Waals surface area (Å²) < 4.78 is 1.99. The summed E-state index contributed by atoms with van der Waals surface area (Å²) in [6.45, 7) is 0. The fraction of sp³-hybridized carbons (Fsp3) is 0.125. The number of aromatic nitrogens is 2. The topological polar surface area (TPSA) is 67.2 Å². The molecular weight excluding hydrogens is 376 g/mol. The summed E-state index contributed by atoms with van der Waals surface area (Å²) in [5, 5.41) is 2.89. The van der Waals surface area contributed by atoms with E-state index in [-0.39, 0.29) is 11.8 Å². The van der Waals surface area contributed by atoms with Crippen molar-refractivity contribution in [3.8, 4) is 5.69 Å². The second-order valence-corrected chi connectivity index (χ2v) is 7.27. The van der Waals surface area contributed by atoms with Crippen LogP contribution in [0, 0.1) is 0 Å². The van der Waals surface area contributed by atoms with Crippen LogP contribution < -0.4 is 5.32 Å². The molecule has 4 aromatic rings. The van der Waals surface area contributed by atoms with Crippen molar-refractivity contribution < 1.29 is 9.59 Å². The van der Waals surface area contributed by atoms with E-state index in [2.05, 4.69) is 10.3 Å². The van der Waals surface area contributed by atoms with Gasteiger partial charge in [0, 0.05) is 31.0 Å². The van der Waals surface area contributed by atoms with Crippen LogP contribution in [0.5, 0.6) is 0 Å². The van der Waals surface area contributed by atoms with E-state index >= 15 is 0 Å². The van der Waals surface area contributed by atoms with Gasteiger partial charge in [0.05, 0.1) is 17.5 Å². The van der Waals surface area contributed by atoms with E-state index in [9.17, 15) is 9.59 Å². The zero-order valence-electron chi connectivity index (χ0n) is 16.9. The first kappa shape index (κ1) is 19.4. The van der Waals surface area contributed by atoms with Crippen LogP contribution in [0.15, 0.2) is 79.1 Å². The lowest BCUT2D eigenvalue weighted by Gasteiger charge is -2.11. The number of amides is 2. The van der Waals surface area contributed by atoms with Crippen LogP contribution in [-0.2, 0) is 11.2 Å². The van der Waals surface area contributed by atoms with E-state index < -0.39 is 0 Å². The number of para-hydroxylation sites is 2. The first-order valence-electron chi connectivity index (χ1n) is 9.64. The van der Waals surface area contributed by atoms with Gasteiger partial charge in [0.15, 0.2) is 0 Å². The first-order chi connectivity index (χ1) is 14.5. The molecule has 3 aromatic carbocycles. The molecule has 1 N–H and O–H groups in total. The number of rotatable bonds is 5. The number of carbonyl (C=O) groups excluding carboxylic acids is 2. The zero-order chi connectivity index (χ0) is 21.1. The molecule has 0 atom stereocenters. The Labute approximate surface area is 174 Å². The lowest BCUT2D eigenvalue weighted by molar-refractivity contribution is -0.127. The molecule has 0 saturated heterocycles. The van der Waals surface area contributed by atoms with Crippen LogP contribution in [0.3, 0.4) is 0 Å². The third kappa shape index (κ3) is 4.07. The maximum Gasteiger partial charge on any atom is 0.255 e. The van der Waals surface area contributed by atoms with Crippen molar-refractivity contribution in [2.24, 2.45) is 0 Å². The highest BCUT2D eigenvalue weighted by Crippen LogP contribution is 2.19. The minimum Gasteiger partial charge on any atom is -0.349 e. The number of anilines is 1. The second-order valence-electron chi connectivity index (χ2n) is 7.27. The maximum atomic E-state index is 12.6. The van der Waals surface area contributed by atoms with Crippen molar-refractivity contribution in [2.75, 3.05) is 19.4 Å². The van der Waals surface area contributed by atoms with Crippen molar-refractivity contribution in [2.45, 2.75) is 6.42 Å². The molecule has 0 saturated carbocycles. The van der Waals surface area contributed by atoms with Gasteiger partial charge < -0.3 is 10.2 Å². The minimum absolute atomic E-state index is 0.0394. The molecular formula is C24H22N4O2. The van der Waals surface area contributed by atoms with Crippen molar-refractivity contribution in [1.82, 2.24) is 14.5 Å². The van der Waals surface area contributed by atoms with E-state index in [1.165, 1.54) is 0 Å². The largest absolute Gasteiger partial charge is 0.349 e. The lowest BCUT2D eigenvalue weighted by atomic mass is 10.1. The van der Waals surface area contributed by atoms with Gasteiger partial charge in [0.2, 0.25) is 5.91 Å². The lowest BCUT2D eigenvalue weighted by Crippen LogP contribution is -2.23. The van der Waals surface area contributed by atoms with Gasteiger partial charge in [-0.05, 0) is 54.1 Å². The Balaban J connectivity index is 1.44. The number of hydrogen-bond donors (Lipinski definition) is 1. The number of nitrogens with one attached hydrogen (secondary N) is 1. The van der Waals surface area contributed by atoms with Gasteiger partial charge in [-0.2, -0.15) is 0 Å². The molecule has 0 spiro atoms. The average Bonchev–Trinajstić information content (AvgIpc) is 3.19. The SMILES string of the molecule is CN(C)C(=O)Cc1ccc(NC(=O)c2ccc(-n3cnc4ccccc43)cc2)cc1. The quantitative estimate of drug-likeness (QED) is 0.554. The molecule has 4 rings (SSSR count). The number of fused-ring (bicyclic) bond motifs is 1. The van der Waals surface area contributed by atoms with Gasteiger partial charge in [-0.15, -0.1) is 0 Å². The summed E-state index contributed by atoms with van der Waals surface area (Å²) in [7, 11) is 3.47. The van der Waals surface area contributed by atoms with E-state index in [1.807, 2.05) is 65.2 Å². The standard InChI is InChI=1S/C24H22N4O2/c1-27(2)23(29)15-17-7-11-19(12-8-17)26-24(30)18-9-13-20(14-10-18)28-16-25-21-5-3-4-6-22(21)28/h3-14,16H,15H2,1-2H3,(H,26,30). The Bertz CT molecular complexity index is 1190. The van der Waals surface area contributed by atoms with Crippen LogP contribution in [0.4, 0.5) is 5.69 Å². The monoisotopic (exact) mass is 398 g/mol. The summed E-state index contributed by atoms with van der Waals surface area (Å²) in [6.07, 6.45) is 2.12. The fourth-order valence-corrected chi connectivity index (χ4v) is 3.18. The van der Waals surface area contributed by atoms with Gasteiger partial charge in [0.25, 0.3) is 5.91 Å². The molecule has 0 bridgehead atoms. The molecule has 0 aliphatic carbocycles. The summed E-state index contributed by atoms with van der Waals surface area (Å²) in [5.41, 5.74) is 5.04. The van der Waals surface area contributed by atoms with Crippen LogP contribution in [0.25, 0.3) is 16.7 Å². The average molecular weight is 398 g/mol. The highest BCUT2D eigenvalue weighted by molar-refractivity contribution is 6.04. The molecule has 6 heteroatoms. The summed E-state index contributed by atoms with van der Waals surface area (Å²) in [6, 6.07) is 22.6. The summed E-state index contributed by atoms with van der Waals surface area (Å²) in [5.74, 6) is -0.147. The third-order valence-electron chi connectivity index (χ3n) is 4.93. The molecule has 1 heterocycles. The maximum absolute atomic E-state index is 12.6. The Morgan fingerprint density at radius 2 is 1.63 bits per heavy atom. The molecule has 1 aromatic heterocycles. The van der Waals surface area contributed by atoms with Gasteiger partial charge in [-0.25, -0.2) is 4.98 Å². The van der Waals surface area contributed by atoms with Crippen LogP contribution >= 0.6 is 0 Å². The van der Waals surface area contributed by atoms with Crippen molar-refractivity contribution >= 4 is 28.5 Å². The number of nitrogens with zero attached hydrogens (tertiary/aromatic N) is 3. The Morgan fingerprint density at radius 3 is 2.33 bits per heavy atom. The van der Waals surface area contributed by atoms with Crippen LogP contribution in [-0.4, -0.2) is 40.4 Å². The zero-order valence-corrected chi connectivity index (χ0v) is 16.9. The first-order valence-corrected chi connectivity index (χ1v) is 9.64. The molecule has 30 heavy (non-hydrogen) atoms. The molecule has 0 aliphatic heterocycles. The van der Waals surface area contributed by atoms with Gasteiger partial charge in [-0.1, -0.05) is 24.3 Å². The second kappa shape index (κ2) is 8.21. The van der Waals surface area contributed by atoms with Crippen molar-refractivity contribution in [3.05, 3.63) is 90.3 Å². The predicted octanol–water partition coefficient (Wildman–Crippen LogP) is 3.91. The molecule has 0 aliphatic rings. The number of benzene rings is 3. The highest BCUT2D eigenvalue weighted by atomic mass is 16.2. The van der Waals surface area contributed by atoms with E-state index in [0.717, 1.165) is 22.3 Å². The van der Waals surface area contributed by atoms with E-state index in [1.54, 1.807) is 37.5 Å². The number of carbonyl (C=O) groups is 2. The van der Waals surface area contributed by atoms with Crippen LogP contribution in [0.2, 0.25) is 0 Å². The normalized spacial score (nSPS) is 10.7. The summed E-state index contributed by atoms with van der Waals surface area (Å²) >= 11 is 0. The van der Waals surface area contributed by atoms with E-state index in [0.29, 0.717) is 17.7 Å². The Hall–Kier alpha value is -3.93. The Morgan fingerprint density at radius 1 is 0.933 bits per heavy atom. The summed E-state index contributed by atoms with van der Waals surface area (Å²) in [4.78, 5) is 30.3. The fourth-order valence-electron chi connectivity index (χ4n) is 3.18. The number of likely N-dealkylation sites (N-methyl/N-ethyl adjacent to an activating group) is 1. The number of hydrogen-bond acceptors (Lipinski definition) is 3. The van der Waals surface area contributed by atoms with Gasteiger partial charge in [0.1, 0.15) is 6.33 Å². The number of imidazole rings is 1. The van der Waals surface area contributed by atoms with Crippen molar-refractivity contribution in [1.29, 1.82) is 0 Å².